The van der Waals surface area contributed by atoms with Gasteiger partial charge in [-0.15, -0.1) is 11.3 Å². The molecule has 1 heterocycles. The van der Waals surface area contributed by atoms with Crippen LogP contribution in [0.2, 0.25) is 0 Å². The second-order valence-electron chi connectivity index (χ2n) is 6.95. The van der Waals surface area contributed by atoms with Gasteiger partial charge in [-0.05, 0) is 51.0 Å². The molecule has 1 fully saturated rings. The Morgan fingerprint density at radius 1 is 1.21 bits per heavy atom. The molecule has 0 aliphatic heterocycles. The van der Waals surface area contributed by atoms with E-state index in [0.29, 0.717) is 36.2 Å². The average Bonchev–Trinajstić information content (AvgIpc) is 3.32. The number of rotatable bonds is 8. The van der Waals surface area contributed by atoms with Crippen LogP contribution in [0.4, 0.5) is 0 Å². The quantitative estimate of drug-likeness (QED) is 0.707. The number of carbonyl (C=O) groups excluding carboxylic acids is 2. The summed E-state index contributed by atoms with van der Waals surface area (Å²) < 4.78 is 5.46. The largest absolute Gasteiger partial charge is 0.494 e. The third kappa shape index (κ3) is 5.32. The molecule has 1 saturated carbocycles. The van der Waals surface area contributed by atoms with E-state index in [1.165, 1.54) is 24.2 Å². The standard InChI is InChI=1S/C21H27N3O3S/c1-3-27-17-10-8-15(9-11-17)21-23-14(2)19(28-21)20(26)22-13-12-18(25)24-16-6-4-5-7-16/h8-11,16H,3-7,12-13H2,1-2H3,(H,22,26)(H,24,25). The molecule has 1 aliphatic carbocycles. The fourth-order valence-electron chi connectivity index (χ4n) is 3.33. The Kier molecular flexibility index (Phi) is 7.03. The van der Waals surface area contributed by atoms with Gasteiger partial charge in [0.05, 0.1) is 12.3 Å². The zero-order valence-corrected chi connectivity index (χ0v) is 17.2. The van der Waals surface area contributed by atoms with Gasteiger partial charge in [-0.2, -0.15) is 0 Å². The maximum atomic E-state index is 12.5. The minimum Gasteiger partial charge on any atom is -0.494 e. The van der Waals surface area contributed by atoms with Gasteiger partial charge in [0.2, 0.25) is 5.91 Å². The van der Waals surface area contributed by atoms with Crippen LogP contribution in [0.5, 0.6) is 5.75 Å². The predicted molar refractivity (Wildman–Crippen MR) is 111 cm³/mol. The van der Waals surface area contributed by atoms with E-state index in [4.69, 9.17) is 4.74 Å². The predicted octanol–water partition coefficient (Wildman–Crippen LogP) is 3.70. The van der Waals surface area contributed by atoms with Crippen molar-refractivity contribution in [2.75, 3.05) is 13.2 Å². The second-order valence-corrected chi connectivity index (χ2v) is 7.94. The first-order valence-corrected chi connectivity index (χ1v) is 10.7. The molecule has 0 bridgehead atoms. The third-order valence-electron chi connectivity index (χ3n) is 4.77. The SMILES string of the molecule is CCOc1ccc(-c2nc(C)c(C(=O)NCCC(=O)NC3CCCC3)s2)cc1. The van der Waals surface area contributed by atoms with E-state index in [0.717, 1.165) is 29.2 Å². The number of amides is 2. The maximum Gasteiger partial charge on any atom is 0.263 e. The molecule has 3 rings (SSSR count). The zero-order valence-electron chi connectivity index (χ0n) is 16.4. The van der Waals surface area contributed by atoms with Crippen molar-refractivity contribution in [2.24, 2.45) is 0 Å². The van der Waals surface area contributed by atoms with Crippen LogP contribution in [0.1, 0.15) is 54.4 Å². The molecule has 2 N–H and O–H groups in total. The Labute approximate surface area is 169 Å². The molecule has 1 aromatic heterocycles. The van der Waals surface area contributed by atoms with Gasteiger partial charge in [0.1, 0.15) is 15.6 Å². The number of hydrogen-bond donors (Lipinski definition) is 2. The van der Waals surface area contributed by atoms with Crippen molar-refractivity contribution in [1.82, 2.24) is 15.6 Å². The fourth-order valence-corrected chi connectivity index (χ4v) is 4.32. The van der Waals surface area contributed by atoms with Gasteiger partial charge < -0.3 is 15.4 Å². The van der Waals surface area contributed by atoms with Crippen LogP contribution in [0.15, 0.2) is 24.3 Å². The number of thiazole rings is 1. The van der Waals surface area contributed by atoms with Crippen LogP contribution >= 0.6 is 11.3 Å². The summed E-state index contributed by atoms with van der Waals surface area (Å²) in [7, 11) is 0. The van der Waals surface area contributed by atoms with Crippen molar-refractivity contribution in [3.63, 3.8) is 0 Å². The summed E-state index contributed by atoms with van der Waals surface area (Å²) in [4.78, 5) is 29.6. The molecule has 1 aliphatic rings. The Bertz CT molecular complexity index is 811. The average molecular weight is 402 g/mol. The summed E-state index contributed by atoms with van der Waals surface area (Å²) in [5.41, 5.74) is 1.65. The van der Waals surface area contributed by atoms with Crippen molar-refractivity contribution in [3.05, 3.63) is 34.8 Å². The van der Waals surface area contributed by atoms with Gasteiger partial charge in [0.15, 0.2) is 0 Å². The van der Waals surface area contributed by atoms with E-state index in [-0.39, 0.29) is 11.8 Å². The van der Waals surface area contributed by atoms with Crippen LogP contribution in [0.3, 0.4) is 0 Å². The van der Waals surface area contributed by atoms with E-state index < -0.39 is 0 Å². The molecule has 0 radical (unpaired) electrons. The Balaban J connectivity index is 1.53. The number of nitrogens with zero attached hydrogens (tertiary/aromatic N) is 1. The molecular weight excluding hydrogens is 374 g/mol. The first kappa shape index (κ1) is 20.3. The topological polar surface area (TPSA) is 80.3 Å². The first-order chi connectivity index (χ1) is 13.6. The van der Waals surface area contributed by atoms with E-state index in [9.17, 15) is 9.59 Å². The third-order valence-corrected chi connectivity index (χ3v) is 5.98. The highest BCUT2D eigenvalue weighted by Crippen LogP contribution is 2.29. The lowest BCUT2D eigenvalue weighted by molar-refractivity contribution is -0.121. The van der Waals surface area contributed by atoms with E-state index in [2.05, 4.69) is 15.6 Å². The van der Waals surface area contributed by atoms with Gasteiger partial charge in [-0.25, -0.2) is 4.98 Å². The molecule has 0 saturated heterocycles. The van der Waals surface area contributed by atoms with Gasteiger partial charge >= 0.3 is 0 Å². The molecule has 6 nitrogen and oxygen atoms in total. The summed E-state index contributed by atoms with van der Waals surface area (Å²) in [5, 5.41) is 6.67. The first-order valence-electron chi connectivity index (χ1n) is 9.85. The van der Waals surface area contributed by atoms with Crippen molar-refractivity contribution in [2.45, 2.75) is 52.0 Å². The molecular formula is C21H27N3O3S. The van der Waals surface area contributed by atoms with Crippen molar-refractivity contribution >= 4 is 23.2 Å². The molecule has 150 valence electrons. The summed E-state index contributed by atoms with van der Waals surface area (Å²) in [6.45, 7) is 4.73. The highest BCUT2D eigenvalue weighted by Gasteiger charge is 2.18. The molecule has 0 spiro atoms. The van der Waals surface area contributed by atoms with Crippen LogP contribution in [-0.2, 0) is 4.79 Å². The maximum absolute atomic E-state index is 12.5. The molecule has 1 aromatic carbocycles. The van der Waals surface area contributed by atoms with Crippen LogP contribution in [-0.4, -0.2) is 36.0 Å². The zero-order chi connectivity index (χ0) is 19.9. The minimum atomic E-state index is -0.180. The number of ether oxygens (including phenoxy) is 1. The van der Waals surface area contributed by atoms with Crippen LogP contribution in [0.25, 0.3) is 10.6 Å². The van der Waals surface area contributed by atoms with Crippen molar-refractivity contribution < 1.29 is 14.3 Å². The molecule has 2 aromatic rings. The molecule has 0 atom stereocenters. The van der Waals surface area contributed by atoms with E-state index in [1.807, 2.05) is 38.1 Å². The highest BCUT2D eigenvalue weighted by molar-refractivity contribution is 7.17. The number of hydrogen-bond acceptors (Lipinski definition) is 5. The summed E-state index contributed by atoms with van der Waals surface area (Å²) in [6.07, 6.45) is 4.79. The monoisotopic (exact) mass is 401 g/mol. The smallest absolute Gasteiger partial charge is 0.263 e. The summed E-state index contributed by atoms with van der Waals surface area (Å²) in [5.74, 6) is 0.637. The number of carbonyl (C=O) groups is 2. The Morgan fingerprint density at radius 2 is 1.93 bits per heavy atom. The number of aryl methyl sites for hydroxylation is 1. The number of benzene rings is 1. The van der Waals surface area contributed by atoms with Crippen molar-refractivity contribution in [3.8, 4) is 16.3 Å². The molecule has 2 amide bonds. The van der Waals surface area contributed by atoms with E-state index in [1.54, 1.807) is 0 Å². The summed E-state index contributed by atoms with van der Waals surface area (Å²) in [6, 6.07) is 8.00. The normalized spacial score (nSPS) is 14.1. The summed E-state index contributed by atoms with van der Waals surface area (Å²) >= 11 is 1.36. The highest BCUT2D eigenvalue weighted by atomic mass is 32.1. The Hall–Kier alpha value is -2.41. The fraction of sp³-hybridized carbons (Fsp3) is 0.476. The number of nitrogens with one attached hydrogen (secondary N) is 2. The minimum absolute atomic E-state index is 0.00306. The lowest BCUT2D eigenvalue weighted by atomic mass is 10.2. The molecule has 0 unspecified atom stereocenters. The van der Waals surface area contributed by atoms with Gasteiger partial charge in [0, 0.05) is 24.6 Å². The molecule has 28 heavy (non-hydrogen) atoms. The van der Waals surface area contributed by atoms with Crippen LogP contribution in [0, 0.1) is 6.92 Å². The van der Waals surface area contributed by atoms with Gasteiger partial charge in [-0.1, -0.05) is 12.8 Å². The van der Waals surface area contributed by atoms with Gasteiger partial charge in [-0.3, -0.25) is 9.59 Å². The van der Waals surface area contributed by atoms with Gasteiger partial charge in [0.25, 0.3) is 5.91 Å². The second kappa shape index (κ2) is 9.68. The van der Waals surface area contributed by atoms with E-state index >= 15 is 0 Å². The lowest BCUT2D eigenvalue weighted by Crippen LogP contribution is -2.35. The number of aromatic nitrogens is 1. The van der Waals surface area contributed by atoms with Crippen LogP contribution < -0.4 is 15.4 Å². The Morgan fingerprint density at radius 3 is 2.61 bits per heavy atom. The lowest BCUT2D eigenvalue weighted by Gasteiger charge is -2.11. The van der Waals surface area contributed by atoms with Crippen molar-refractivity contribution in [1.29, 1.82) is 0 Å². The molecule has 7 heteroatoms.